The molecular formula is C18H22N4O5S. The molecule has 0 bridgehead atoms. The average Bonchev–Trinajstić information content (AvgIpc) is 3.15. The van der Waals surface area contributed by atoms with E-state index in [0.717, 1.165) is 0 Å². The summed E-state index contributed by atoms with van der Waals surface area (Å²) in [6.07, 6.45) is 4.05. The number of rotatable bonds is 4. The number of carbonyl (C=O) groups excluding carboxylic acids is 1. The molecule has 2 aliphatic rings. The SMILES string of the molecule is Cn1cc(S(=O)(=O)N2CCC[C@H](C(=O)Nc3ccc4c(c3)OCCO4)C2)cn1. The minimum absolute atomic E-state index is 0.142. The number of carbonyl (C=O) groups is 1. The van der Waals surface area contributed by atoms with Gasteiger partial charge in [0.15, 0.2) is 11.5 Å². The number of aryl methyl sites for hydroxylation is 1. The van der Waals surface area contributed by atoms with E-state index in [1.54, 1.807) is 25.2 Å². The first-order valence-corrected chi connectivity index (χ1v) is 10.6. The van der Waals surface area contributed by atoms with Crippen LogP contribution in [-0.2, 0) is 21.9 Å². The lowest BCUT2D eigenvalue weighted by molar-refractivity contribution is -0.120. The summed E-state index contributed by atoms with van der Waals surface area (Å²) in [4.78, 5) is 12.9. The molecule has 0 radical (unpaired) electrons. The topological polar surface area (TPSA) is 103 Å². The van der Waals surface area contributed by atoms with E-state index >= 15 is 0 Å². The highest BCUT2D eigenvalue weighted by Gasteiger charge is 2.34. The van der Waals surface area contributed by atoms with Gasteiger partial charge in [-0.25, -0.2) is 8.42 Å². The Morgan fingerprint density at radius 1 is 1.25 bits per heavy atom. The van der Waals surface area contributed by atoms with Gasteiger partial charge in [0, 0.05) is 38.1 Å². The minimum atomic E-state index is -3.66. The van der Waals surface area contributed by atoms with E-state index in [9.17, 15) is 13.2 Å². The first-order valence-electron chi connectivity index (χ1n) is 9.13. The van der Waals surface area contributed by atoms with Crippen LogP contribution in [-0.4, -0.2) is 54.7 Å². The molecule has 9 nitrogen and oxygen atoms in total. The second-order valence-corrected chi connectivity index (χ2v) is 8.84. The molecule has 10 heteroatoms. The van der Waals surface area contributed by atoms with Gasteiger partial charge in [0.25, 0.3) is 0 Å². The van der Waals surface area contributed by atoms with Gasteiger partial charge in [0.2, 0.25) is 15.9 Å². The molecule has 1 fully saturated rings. The molecule has 2 aliphatic heterocycles. The first kappa shape index (κ1) is 18.8. The Labute approximate surface area is 163 Å². The van der Waals surface area contributed by atoms with Crippen LogP contribution in [0.15, 0.2) is 35.5 Å². The standard InChI is InChI=1S/C18H22N4O5S/c1-21-12-15(10-19-21)28(24,25)22-6-2-3-13(11-22)18(23)20-14-4-5-16-17(9-14)27-8-7-26-16/h4-5,9-10,12-13H,2-3,6-8,11H2,1H3,(H,20,23)/t13-/m0/s1. The van der Waals surface area contributed by atoms with Gasteiger partial charge in [-0.05, 0) is 25.0 Å². The number of ether oxygens (including phenoxy) is 2. The first-order chi connectivity index (χ1) is 13.4. The number of amides is 1. The van der Waals surface area contributed by atoms with Gasteiger partial charge < -0.3 is 14.8 Å². The second-order valence-electron chi connectivity index (χ2n) is 6.90. The van der Waals surface area contributed by atoms with Crippen molar-refractivity contribution in [1.82, 2.24) is 14.1 Å². The Morgan fingerprint density at radius 2 is 2.04 bits per heavy atom. The molecule has 4 rings (SSSR count). The molecule has 3 heterocycles. The molecule has 1 saturated heterocycles. The Balaban J connectivity index is 1.45. The second kappa shape index (κ2) is 7.44. The summed E-state index contributed by atoms with van der Waals surface area (Å²) in [6, 6.07) is 5.22. The maximum absolute atomic E-state index is 12.8. The normalized spacial score (nSPS) is 20.0. The van der Waals surface area contributed by atoms with E-state index in [4.69, 9.17) is 9.47 Å². The highest BCUT2D eigenvalue weighted by atomic mass is 32.2. The highest BCUT2D eigenvalue weighted by molar-refractivity contribution is 7.89. The number of anilines is 1. The number of hydrogen-bond acceptors (Lipinski definition) is 6. The third kappa shape index (κ3) is 3.69. The Morgan fingerprint density at radius 3 is 2.79 bits per heavy atom. The fourth-order valence-corrected chi connectivity index (χ4v) is 4.93. The average molecular weight is 406 g/mol. The molecule has 1 amide bonds. The molecule has 1 atom stereocenters. The van der Waals surface area contributed by atoms with Crippen molar-refractivity contribution in [1.29, 1.82) is 0 Å². The van der Waals surface area contributed by atoms with Gasteiger partial charge in [0.1, 0.15) is 18.1 Å². The van der Waals surface area contributed by atoms with Gasteiger partial charge in [-0.3, -0.25) is 9.48 Å². The summed E-state index contributed by atoms with van der Waals surface area (Å²) in [5, 5.41) is 6.80. The van der Waals surface area contributed by atoms with Crippen LogP contribution in [0, 0.1) is 5.92 Å². The maximum Gasteiger partial charge on any atom is 0.246 e. The summed E-state index contributed by atoms with van der Waals surface area (Å²) in [7, 11) is -1.99. The predicted octanol–water partition coefficient (Wildman–Crippen LogP) is 1.23. The Bertz CT molecular complexity index is 988. The lowest BCUT2D eigenvalue weighted by Crippen LogP contribution is -2.43. The number of nitrogens with zero attached hydrogens (tertiary/aromatic N) is 3. The summed E-state index contributed by atoms with van der Waals surface area (Å²) in [5.41, 5.74) is 0.599. The number of nitrogens with one attached hydrogen (secondary N) is 1. The zero-order valence-electron chi connectivity index (χ0n) is 15.5. The van der Waals surface area contributed by atoms with Gasteiger partial charge in [0.05, 0.1) is 12.1 Å². The molecule has 2 aromatic rings. The van der Waals surface area contributed by atoms with Gasteiger partial charge >= 0.3 is 0 Å². The molecule has 1 aromatic heterocycles. The predicted molar refractivity (Wildman–Crippen MR) is 101 cm³/mol. The van der Waals surface area contributed by atoms with Crippen molar-refractivity contribution in [3.05, 3.63) is 30.6 Å². The number of sulfonamides is 1. The summed E-state index contributed by atoms with van der Waals surface area (Å²) in [6.45, 7) is 1.51. The van der Waals surface area contributed by atoms with Crippen molar-refractivity contribution in [3.8, 4) is 11.5 Å². The molecule has 0 aliphatic carbocycles. The van der Waals surface area contributed by atoms with Crippen LogP contribution < -0.4 is 14.8 Å². The molecule has 1 aromatic carbocycles. The quantitative estimate of drug-likeness (QED) is 0.819. The van der Waals surface area contributed by atoms with E-state index in [-0.39, 0.29) is 17.3 Å². The highest BCUT2D eigenvalue weighted by Crippen LogP contribution is 2.33. The Kier molecular flexibility index (Phi) is 4.98. The van der Waals surface area contributed by atoms with Crippen molar-refractivity contribution in [2.75, 3.05) is 31.6 Å². The molecule has 28 heavy (non-hydrogen) atoms. The van der Waals surface area contributed by atoms with E-state index < -0.39 is 15.9 Å². The van der Waals surface area contributed by atoms with Crippen LogP contribution in [0.1, 0.15) is 12.8 Å². The monoisotopic (exact) mass is 406 g/mol. The number of aromatic nitrogens is 2. The number of hydrogen-bond donors (Lipinski definition) is 1. The fourth-order valence-electron chi connectivity index (χ4n) is 3.42. The fraction of sp³-hybridized carbons (Fsp3) is 0.444. The smallest absolute Gasteiger partial charge is 0.246 e. The molecule has 0 unspecified atom stereocenters. The van der Waals surface area contributed by atoms with Crippen LogP contribution in [0.5, 0.6) is 11.5 Å². The van der Waals surface area contributed by atoms with E-state index in [1.165, 1.54) is 21.4 Å². The largest absolute Gasteiger partial charge is 0.486 e. The van der Waals surface area contributed by atoms with Crippen LogP contribution >= 0.6 is 0 Å². The number of piperidine rings is 1. The van der Waals surface area contributed by atoms with Crippen molar-refractivity contribution in [3.63, 3.8) is 0 Å². The maximum atomic E-state index is 12.8. The van der Waals surface area contributed by atoms with Crippen molar-refractivity contribution >= 4 is 21.6 Å². The van der Waals surface area contributed by atoms with Crippen LogP contribution in [0.2, 0.25) is 0 Å². The molecular weight excluding hydrogens is 384 g/mol. The van der Waals surface area contributed by atoms with Crippen LogP contribution in [0.25, 0.3) is 0 Å². The zero-order valence-corrected chi connectivity index (χ0v) is 16.3. The molecule has 1 N–H and O–H groups in total. The Hall–Kier alpha value is -2.59. The van der Waals surface area contributed by atoms with Crippen LogP contribution in [0.4, 0.5) is 5.69 Å². The van der Waals surface area contributed by atoms with Crippen molar-refractivity contribution < 1.29 is 22.7 Å². The van der Waals surface area contributed by atoms with Crippen molar-refractivity contribution in [2.45, 2.75) is 17.7 Å². The third-order valence-corrected chi connectivity index (χ3v) is 6.70. The lowest BCUT2D eigenvalue weighted by Gasteiger charge is -2.30. The minimum Gasteiger partial charge on any atom is -0.486 e. The van der Waals surface area contributed by atoms with E-state index in [1.807, 2.05) is 0 Å². The van der Waals surface area contributed by atoms with E-state index in [0.29, 0.717) is 49.8 Å². The van der Waals surface area contributed by atoms with Crippen LogP contribution in [0.3, 0.4) is 0 Å². The molecule has 0 saturated carbocycles. The number of benzene rings is 1. The third-order valence-electron chi connectivity index (χ3n) is 4.88. The van der Waals surface area contributed by atoms with Crippen molar-refractivity contribution in [2.24, 2.45) is 13.0 Å². The zero-order chi connectivity index (χ0) is 19.7. The lowest BCUT2D eigenvalue weighted by atomic mass is 9.98. The van der Waals surface area contributed by atoms with Gasteiger partial charge in [-0.1, -0.05) is 0 Å². The van der Waals surface area contributed by atoms with E-state index in [2.05, 4.69) is 10.4 Å². The summed E-state index contributed by atoms with van der Waals surface area (Å²) in [5.74, 6) is 0.611. The number of fused-ring (bicyclic) bond motifs is 1. The molecule has 150 valence electrons. The van der Waals surface area contributed by atoms with Gasteiger partial charge in [-0.15, -0.1) is 0 Å². The van der Waals surface area contributed by atoms with Gasteiger partial charge in [-0.2, -0.15) is 9.40 Å². The summed E-state index contributed by atoms with van der Waals surface area (Å²) >= 11 is 0. The molecule has 0 spiro atoms. The summed E-state index contributed by atoms with van der Waals surface area (Å²) < 4.78 is 39.4.